The maximum absolute atomic E-state index is 12.6. The van der Waals surface area contributed by atoms with Crippen molar-refractivity contribution in [3.63, 3.8) is 0 Å². The van der Waals surface area contributed by atoms with Crippen molar-refractivity contribution in [3.8, 4) is 0 Å². The molecule has 1 aromatic carbocycles. The number of rotatable bonds is 3. The Balaban J connectivity index is 2.47. The van der Waals surface area contributed by atoms with Crippen LogP contribution in [0.25, 0.3) is 0 Å². The van der Waals surface area contributed by atoms with Gasteiger partial charge in [0.1, 0.15) is 5.82 Å². The Hall–Kier alpha value is -0.540. The zero-order valence-electron chi connectivity index (χ0n) is 9.46. The van der Waals surface area contributed by atoms with Gasteiger partial charge in [-0.3, -0.25) is 0 Å². The normalized spacial score (nSPS) is 13.9. The smallest absolute Gasteiger partial charge is 0.123 e. The number of hydrogen-bond donors (Lipinski definition) is 1. The van der Waals surface area contributed by atoms with E-state index in [2.05, 4.69) is 20.8 Å². The van der Waals surface area contributed by atoms with Gasteiger partial charge in [-0.25, -0.2) is 4.39 Å². The average molecular weight is 227 g/mol. The highest BCUT2D eigenvalue weighted by molar-refractivity contribution is 7.99. The lowest BCUT2D eigenvalue weighted by Gasteiger charge is -2.26. The van der Waals surface area contributed by atoms with Gasteiger partial charge < -0.3 is 5.73 Å². The molecule has 3 heteroatoms. The second kappa shape index (κ2) is 4.99. The molecule has 0 aliphatic rings. The molecule has 0 radical (unpaired) electrons. The van der Waals surface area contributed by atoms with E-state index in [9.17, 15) is 4.39 Å². The lowest BCUT2D eigenvalue weighted by Crippen LogP contribution is -2.37. The van der Waals surface area contributed by atoms with Crippen molar-refractivity contribution in [1.82, 2.24) is 0 Å². The fraction of sp³-hybridized carbons (Fsp3) is 0.500. The topological polar surface area (TPSA) is 26.0 Å². The number of hydrogen-bond acceptors (Lipinski definition) is 2. The summed E-state index contributed by atoms with van der Waals surface area (Å²) in [7, 11) is 0. The van der Waals surface area contributed by atoms with Crippen molar-refractivity contribution >= 4 is 11.8 Å². The van der Waals surface area contributed by atoms with Crippen LogP contribution in [-0.4, -0.2) is 11.8 Å². The Morgan fingerprint density at radius 3 is 2.27 bits per heavy atom. The number of halogens is 1. The minimum atomic E-state index is -0.195. The molecule has 84 valence electrons. The fourth-order valence-corrected chi connectivity index (χ4v) is 2.17. The van der Waals surface area contributed by atoms with Crippen LogP contribution in [0.5, 0.6) is 0 Å². The van der Waals surface area contributed by atoms with Crippen LogP contribution in [0.1, 0.15) is 20.8 Å². The van der Waals surface area contributed by atoms with Crippen molar-refractivity contribution in [1.29, 1.82) is 0 Å². The van der Waals surface area contributed by atoms with Crippen molar-refractivity contribution in [2.24, 2.45) is 11.1 Å². The predicted molar refractivity (Wildman–Crippen MR) is 64.6 cm³/mol. The van der Waals surface area contributed by atoms with Gasteiger partial charge in [0, 0.05) is 16.7 Å². The van der Waals surface area contributed by atoms with Crippen LogP contribution in [-0.2, 0) is 0 Å². The molecule has 0 saturated heterocycles. The van der Waals surface area contributed by atoms with Crippen LogP contribution >= 0.6 is 11.8 Å². The van der Waals surface area contributed by atoms with Gasteiger partial charge >= 0.3 is 0 Å². The molecule has 0 aromatic heterocycles. The molecule has 1 aromatic rings. The number of benzene rings is 1. The Kier molecular flexibility index (Phi) is 4.17. The summed E-state index contributed by atoms with van der Waals surface area (Å²) >= 11 is 1.67. The lowest BCUT2D eigenvalue weighted by atomic mass is 9.89. The second-order valence-electron chi connectivity index (χ2n) is 4.74. The van der Waals surface area contributed by atoms with Gasteiger partial charge in [0.15, 0.2) is 0 Å². The average Bonchev–Trinajstić information content (AvgIpc) is 2.15. The molecule has 0 heterocycles. The summed E-state index contributed by atoms with van der Waals surface area (Å²) in [5, 5.41) is 0. The van der Waals surface area contributed by atoms with Crippen molar-refractivity contribution in [2.45, 2.75) is 31.7 Å². The molecule has 15 heavy (non-hydrogen) atoms. The van der Waals surface area contributed by atoms with Crippen LogP contribution in [0.3, 0.4) is 0 Å². The monoisotopic (exact) mass is 227 g/mol. The van der Waals surface area contributed by atoms with E-state index in [0.29, 0.717) is 0 Å². The van der Waals surface area contributed by atoms with Crippen molar-refractivity contribution in [3.05, 3.63) is 30.1 Å². The molecule has 0 amide bonds. The highest BCUT2D eigenvalue weighted by Gasteiger charge is 2.20. The van der Waals surface area contributed by atoms with Gasteiger partial charge in [0.25, 0.3) is 0 Å². The van der Waals surface area contributed by atoms with Crippen LogP contribution < -0.4 is 5.73 Å². The summed E-state index contributed by atoms with van der Waals surface area (Å²) in [5.74, 6) is 0.661. The minimum absolute atomic E-state index is 0.118. The van der Waals surface area contributed by atoms with Crippen LogP contribution in [0.15, 0.2) is 29.2 Å². The van der Waals surface area contributed by atoms with Crippen molar-refractivity contribution in [2.75, 3.05) is 5.75 Å². The molecule has 0 aliphatic heterocycles. The van der Waals surface area contributed by atoms with Crippen LogP contribution in [0.2, 0.25) is 0 Å². The maximum Gasteiger partial charge on any atom is 0.123 e. The zero-order valence-corrected chi connectivity index (χ0v) is 10.3. The van der Waals surface area contributed by atoms with Gasteiger partial charge in [-0.1, -0.05) is 20.8 Å². The van der Waals surface area contributed by atoms with E-state index >= 15 is 0 Å². The van der Waals surface area contributed by atoms with Gasteiger partial charge in [0.2, 0.25) is 0 Å². The van der Waals surface area contributed by atoms with E-state index < -0.39 is 0 Å². The molecule has 1 unspecified atom stereocenters. The summed E-state index contributed by atoms with van der Waals surface area (Å²) in [4.78, 5) is 1.07. The van der Waals surface area contributed by atoms with Gasteiger partial charge in [-0.2, -0.15) is 0 Å². The Labute approximate surface area is 95.2 Å². The fourth-order valence-electron chi connectivity index (χ4n) is 0.967. The lowest BCUT2D eigenvalue weighted by molar-refractivity contribution is 0.344. The van der Waals surface area contributed by atoms with E-state index in [1.54, 1.807) is 23.9 Å². The molecule has 0 spiro atoms. The van der Waals surface area contributed by atoms with Crippen LogP contribution in [0, 0.1) is 11.2 Å². The highest BCUT2D eigenvalue weighted by atomic mass is 32.2. The summed E-state index contributed by atoms with van der Waals surface area (Å²) in [5.41, 5.74) is 6.15. The first-order valence-corrected chi connectivity index (χ1v) is 6.02. The molecule has 0 aliphatic carbocycles. The Morgan fingerprint density at radius 2 is 1.80 bits per heavy atom. The molecular weight excluding hydrogens is 209 g/mol. The second-order valence-corrected chi connectivity index (χ2v) is 5.83. The van der Waals surface area contributed by atoms with Gasteiger partial charge in [-0.15, -0.1) is 11.8 Å². The first-order valence-electron chi connectivity index (χ1n) is 5.03. The standard InChI is InChI=1S/C12H18FNS/c1-12(2,3)11(14)8-15-10-6-4-9(13)5-7-10/h4-7,11H,8,14H2,1-3H3. The van der Waals surface area contributed by atoms with Crippen molar-refractivity contribution < 1.29 is 4.39 Å². The quantitative estimate of drug-likeness (QED) is 0.802. The molecule has 1 rings (SSSR count). The summed E-state index contributed by atoms with van der Waals surface area (Å²) in [6.07, 6.45) is 0. The minimum Gasteiger partial charge on any atom is -0.326 e. The molecule has 0 fully saturated rings. The third-order valence-corrected chi connectivity index (χ3v) is 3.49. The highest BCUT2D eigenvalue weighted by Crippen LogP contribution is 2.25. The third kappa shape index (κ3) is 4.22. The van der Waals surface area contributed by atoms with E-state index in [-0.39, 0.29) is 17.3 Å². The summed E-state index contributed by atoms with van der Waals surface area (Å²) < 4.78 is 12.6. The van der Waals surface area contributed by atoms with E-state index in [4.69, 9.17) is 5.73 Å². The molecular formula is C12H18FNS. The first kappa shape index (κ1) is 12.5. The van der Waals surface area contributed by atoms with Crippen LogP contribution in [0.4, 0.5) is 4.39 Å². The van der Waals surface area contributed by atoms with Gasteiger partial charge in [-0.05, 0) is 29.7 Å². The van der Waals surface area contributed by atoms with E-state index in [1.807, 2.05) is 0 Å². The molecule has 2 N–H and O–H groups in total. The largest absolute Gasteiger partial charge is 0.326 e. The maximum atomic E-state index is 12.6. The SMILES string of the molecule is CC(C)(C)C(N)CSc1ccc(F)cc1. The summed E-state index contributed by atoms with van der Waals surface area (Å²) in [6.45, 7) is 6.38. The molecule has 1 nitrogen and oxygen atoms in total. The zero-order chi connectivity index (χ0) is 11.5. The van der Waals surface area contributed by atoms with E-state index in [0.717, 1.165) is 10.6 Å². The van der Waals surface area contributed by atoms with Gasteiger partial charge in [0.05, 0.1) is 0 Å². The number of thioether (sulfide) groups is 1. The Morgan fingerprint density at radius 1 is 1.27 bits per heavy atom. The van der Waals surface area contributed by atoms with E-state index in [1.165, 1.54) is 12.1 Å². The first-order chi connectivity index (χ1) is 6.89. The Bertz CT molecular complexity index is 302. The molecule has 0 bridgehead atoms. The molecule has 1 atom stereocenters. The third-order valence-electron chi connectivity index (χ3n) is 2.36. The number of nitrogens with two attached hydrogens (primary N) is 1. The summed E-state index contributed by atoms with van der Waals surface area (Å²) in [6, 6.07) is 6.67. The molecule has 0 saturated carbocycles. The predicted octanol–water partition coefficient (Wildman–Crippen LogP) is 3.29.